The molecule has 0 fully saturated rings. The second kappa shape index (κ2) is 10.4. The van der Waals surface area contributed by atoms with E-state index in [2.05, 4.69) is 6.07 Å². The second-order valence-corrected chi connectivity index (χ2v) is 6.49. The van der Waals surface area contributed by atoms with Gasteiger partial charge in [0.15, 0.2) is 0 Å². The highest BCUT2D eigenvalue weighted by molar-refractivity contribution is 5.89. The first-order chi connectivity index (χ1) is 15.5. The number of rotatable bonds is 9. The molecule has 0 N–H and O–H groups in total. The average molecular weight is 431 g/mol. The lowest BCUT2D eigenvalue weighted by atomic mass is 10.0. The standard InChI is InChI=1S/C23H17N3O6/c24-16-19(18-3-5-20(6-4-18)25(27)28)15-17-1-9-22(10-2-17)31-13-14-32-23-11-7-21(8-12-23)26(29)30/h1-12,15H,13-14H2. The van der Waals surface area contributed by atoms with Gasteiger partial charge < -0.3 is 9.47 Å². The molecule has 3 aromatic rings. The summed E-state index contributed by atoms with van der Waals surface area (Å²) in [4.78, 5) is 20.4. The van der Waals surface area contributed by atoms with Crippen LogP contribution < -0.4 is 9.47 Å². The Labute approximate surface area is 183 Å². The van der Waals surface area contributed by atoms with Crippen LogP contribution in [0.4, 0.5) is 11.4 Å². The quantitative estimate of drug-likeness (QED) is 0.153. The Morgan fingerprint density at radius 3 is 1.66 bits per heavy atom. The minimum atomic E-state index is -0.491. The largest absolute Gasteiger partial charge is 0.490 e. The fourth-order valence-corrected chi connectivity index (χ4v) is 2.75. The summed E-state index contributed by atoms with van der Waals surface area (Å²) >= 11 is 0. The number of nitro benzene ring substituents is 2. The number of hydrogen-bond donors (Lipinski definition) is 0. The average Bonchev–Trinajstić information content (AvgIpc) is 2.81. The highest BCUT2D eigenvalue weighted by Gasteiger charge is 2.07. The first-order valence-electron chi connectivity index (χ1n) is 9.43. The maximum atomic E-state index is 10.8. The number of non-ortho nitro benzene ring substituents is 2. The van der Waals surface area contributed by atoms with Crippen LogP contribution in [-0.2, 0) is 0 Å². The fourth-order valence-electron chi connectivity index (χ4n) is 2.75. The number of ether oxygens (including phenoxy) is 2. The molecule has 3 rings (SSSR count). The van der Waals surface area contributed by atoms with Crippen LogP contribution in [0.25, 0.3) is 11.6 Å². The Morgan fingerprint density at radius 2 is 1.22 bits per heavy atom. The van der Waals surface area contributed by atoms with Crippen molar-refractivity contribution in [3.8, 4) is 17.6 Å². The first kappa shape index (κ1) is 22.0. The topological polar surface area (TPSA) is 129 Å². The third kappa shape index (κ3) is 5.90. The van der Waals surface area contributed by atoms with Gasteiger partial charge in [0.1, 0.15) is 24.7 Å². The lowest BCUT2D eigenvalue weighted by Gasteiger charge is -2.08. The summed E-state index contributed by atoms with van der Waals surface area (Å²) in [6.45, 7) is 0.538. The van der Waals surface area contributed by atoms with Crippen molar-refractivity contribution in [2.24, 2.45) is 0 Å². The van der Waals surface area contributed by atoms with Gasteiger partial charge in [-0.25, -0.2) is 0 Å². The Hall–Kier alpha value is -4.71. The highest BCUT2D eigenvalue weighted by Crippen LogP contribution is 2.22. The van der Waals surface area contributed by atoms with E-state index in [9.17, 15) is 25.5 Å². The molecular weight excluding hydrogens is 414 g/mol. The summed E-state index contributed by atoms with van der Waals surface area (Å²) < 4.78 is 11.1. The van der Waals surface area contributed by atoms with Crippen molar-refractivity contribution in [3.63, 3.8) is 0 Å². The summed E-state index contributed by atoms with van der Waals surface area (Å²) in [6, 6.07) is 20.8. The van der Waals surface area contributed by atoms with E-state index in [1.165, 1.54) is 48.5 Å². The number of benzene rings is 3. The predicted molar refractivity (Wildman–Crippen MR) is 117 cm³/mol. The maximum Gasteiger partial charge on any atom is 0.269 e. The molecule has 0 saturated carbocycles. The van der Waals surface area contributed by atoms with Crippen molar-refractivity contribution >= 4 is 23.0 Å². The number of nitrogens with zero attached hydrogens (tertiary/aromatic N) is 3. The lowest BCUT2D eigenvalue weighted by molar-refractivity contribution is -0.385. The molecule has 0 atom stereocenters. The van der Waals surface area contributed by atoms with Crippen LogP contribution in [-0.4, -0.2) is 23.1 Å². The van der Waals surface area contributed by atoms with Gasteiger partial charge in [0.2, 0.25) is 0 Å². The third-order valence-corrected chi connectivity index (χ3v) is 4.37. The van der Waals surface area contributed by atoms with Crippen LogP contribution in [0.3, 0.4) is 0 Å². The number of allylic oxidation sites excluding steroid dienone is 1. The van der Waals surface area contributed by atoms with Gasteiger partial charge in [-0.05, 0) is 53.6 Å². The molecule has 0 aromatic heterocycles. The van der Waals surface area contributed by atoms with Crippen LogP contribution in [0.15, 0.2) is 72.8 Å². The minimum absolute atomic E-state index is 0.00382. The van der Waals surface area contributed by atoms with Gasteiger partial charge in [-0.1, -0.05) is 12.1 Å². The molecule has 9 heteroatoms. The fraction of sp³-hybridized carbons (Fsp3) is 0.0870. The van der Waals surface area contributed by atoms with Gasteiger partial charge in [-0.3, -0.25) is 20.2 Å². The molecule has 0 bridgehead atoms. The predicted octanol–water partition coefficient (Wildman–Crippen LogP) is 5.02. The SMILES string of the molecule is N#CC(=Cc1ccc(OCCOc2ccc([N+](=O)[O-])cc2)cc1)c1ccc([N+](=O)[O-])cc1. The molecule has 0 saturated heterocycles. The Bertz CT molecular complexity index is 1160. The summed E-state index contributed by atoms with van der Waals surface area (Å²) in [5.41, 5.74) is 1.70. The minimum Gasteiger partial charge on any atom is -0.490 e. The van der Waals surface area contributed by atoms with Crippen LogP contribution >= 0.6 is 0 Å². The smallest absolute Gasteiger partial charge is 0.269 e. The molecule has 0 aliphatic carbocycles. The van der Waals surface area contributed by atoms with E-state index in [-0.39, 0.29) is 24.6 Å². The molecule has 0 unspecified atom stereocenters. The number of nitro groups is 2. The zero-order chi connectivity index (χ0) is 22.9. The van der Waals surface area contributed by atoms with E-state index < -0.39 is 9.85 Å². The molecular formula is C23H17N3O6. The summed E-state index contributed by atoms with van der Waals surface area (Å²) in [6.07, 6.45) is 1.68. The highest BCUT2D eigenvalue weighted by atomic mass is 16.6. The van der Waals surface area contributed by atoms with Crippen molar-refractivity contribution in [1.82, 2.24) is 0 Å². The van der Waals surface area contributed by atoms with Gasteiger partial charge in [0.25, 0.3) is 11.4 Å². The Balaban J connectivity index is 1.54. The normalized spacial score (nSPS) is 10.8. The maximum absolute atomic E-state index is 10.8. The molecule has 0 heterocycles. The van der Waals surface area contributed by atoms with E-state index in [0.717, 1.165) is 5.56 Å². The molecule has 0 spiro atoms. The van der Waals surface area contributed by atoms with Gasteiger partial charge in [-0.2, -0.15) is 5.26 Å². The van der Waals surface area contributed by atoms with Crippen molar-refractivity contribution in [1.29, 1.82) is 5.26 Å². The van der Waals surface area contributed by atoms with Crippen molar-refractivity contribution in [2.45, 2.75) is 0 Å². The van der Waals surface area contributed by atoms with Crippen LogP contribution in [0, 0.1) is 31.6 Å². The van der Waals surface area contributed by atoms with Gasteiger partial charge in [0, 0.05) is 24.3 Å². The van der Waals surface area contributed by atoms with E-state index in [1.807, 2.05) is 0 Å². The third-order valence-electron chi connectivity index (χ3n) is 4.37. The van der Waals surface area contributed by atoms with Gasteiger partial charge >= 0.3 is 0 Å². The van der Waals surface area contributed by atoms with Crippen molar-refractivity contribution < 1.29 is 19.3 Å². The van der Waals surface area contributed by atoms with Crippen molar-refractivity contribution in [2.75, 3.05) is 13.2 Å². The number of hydrogen-bond acceptors (Lipinski definition) is 7. The van der Waals surface area contributed by atoms with Crippen LogP contribution in [0.5, 0.6) is 11.5 Å². The van der Waals surface area contributed by atoms with E-state index in [4.69, 9.17) is 9.47 Å². The molecule has 160 valence electrons. The Kier molecular flexibility index (Phi) is 7.12. The van der Waals surface area contributed by atoms with Gasteiger partial charge in [-0.15, -0.1) is 0 Å². The molecule has 0 aliphatic rings. The molecule has 0 aliphatic heterocycles. The van der Waals surface area contributed by atoms with E-state index in [0.29, 0.717) is 22.6 Å². The zero-order valence-corrected chi connectivity index (χ0v) is 16.7. The number of nitriles is 1. The first-order valence-corrected chi connectivity index (χ1v) is 9.43. The summed E-state index contributed by atoms with van der Waals surface area (Å²) in [5, 5.41) is 30.8. The summed E-state index contributed by atoms with van der Waals surface area (Å²) in [5.74, 6) is 1.12. The second-order valence-electron chi connectivity index (χ2n) is 6.49. The molecule has 9 nitrogen and oxygen atoms in total. The van der Waals surface area contributed by atoms with Crippen LogP contribution in [0.1, 0.15) is 11.1 Å². The van der Waals surface area contributed by atoms with E-state index >= 15 is 0 Å². The van der Waals surface area contributed by atoms with Gasteiger partial charge in [0.05, 0.1) is 21.5 Å². The molecule has 3 aromatic carbocycles. The molecule has 0 amide bonds. The monoisotopic (exact) mass is 431 g/mol. The molecule has 0 radical (unpaired) electrons. The van der Waals surface area contributed by atoms with E-state index in [1.54, 1.807) is 30.3 Å². The lowest BCUT2D eigenvalue weighted by Crippen LogP contribution is -2.08. The Morgan fingerprint density at radius 1 is 0.781 bits per heavy atom. The molecule has 32 heavy (non-hydrogen) atoms. The zero-order valence-electron chi connectivity index (χ0n) is 16.7. The van der Waals surface area contributed by atoms with Crippen molar-refractivity contribution in [3.05, 3.63) is 104 Å². The van der Waals surface area contributed by atoms with Crippen LogP contribution in [0.2, 0.25) is 0 Å². The summed E-state index contributed by atoms with van der Waals surface area (Å²) in [7, 11) is 0.